The summed E-state index contributed by atoms with van der Waals surface area (Å²) < 4.78 is 0. The van der Waals surface area contributed by atoms with E-state index < -0.39 is 0 Å². The summed E-state index contributed by atoms with van der Waals surface area (Å²) in [6, 6.07) is 0.201. The van der Waals surface area contributed by atoms with Gasteiger partial charge in [0.15, 0.2) is 0 Å². The number of amides is 1. The normalized spacial score (nSPS) is 14.5. The Bertz CT molecular complexity index is 183. The standard InChI is InChI=1S/C13H28N2O/c1-5-7-8-9-10-14-12(4)13(16)15-11(3)6-2/h11-12,14H,5-10H2,1-4H3,(H,15,16). The number of hydrogen-bond donors (Lipinski definition) is 2. The molecular weight excluding hydrogens is 200 g/mol. The molecule has 0 aliphatic carbocycles. The Morgan fingerprint density at radius 2 is 1.81 bits per heavy atom. The van der Waals surface area contributed by atoms with Gasteiger partial charge >= 0.3 is 0 Å². The van der Waals surface area contributed by atoms with Crippen molar-refractivity contribution in [3.05, 3.63) is 0 Å². The van der Waals surface area contributed by atoms with Crippen LogP contribution in [0, 0.1) is 0 Å². The molecule has 2 N–H and O–H groups in total. The van der Waals surface area contributed by atoms with E-state index in [2.05, 4.69) is 24.5 Å². The van der Waals surface area contributed by atoms with Gasteiger partial charge in [-0.3, -0.25) is 4.79 Å². The molecule has 0 bridgehead atoms. The highest BCUT2D eigenvalue weighted by Crippen LogP contribution is 1.98. The first-order valence-electron chi connectivity index (χ1n) is 6.65. The molecule has 16 heavy (non-hydrogen) atoms. The lowest BCUT2D eigenvalue weighted by Crippen LogP contribution is -2.45. The van der Waals surface area contributed by atoms with Gasteiger partial charge in [-0.1, -0.05) is 33.1 Å². The average molecular weight is 228 g/mol. The maximum atomic E-state index is 11.7. The summed E-state index contributed by atoms with van der Waals surface area (Å²) in [6.45, 7) is 9.18. The van der Waals surface area contributed by atoms with E-state index in [-0.39, 0.29) is 18.0 Å². The van der Waals surface area contributed by atoms with Crippen LogP contribution in [0.1, 0.15) is 59.8 Å². The summed E-state index contributed by atoms with van der Waals surface area (Å²) in [5, 5.41) is 6.24. The molecule has 0 aromatic carbocycles. The van der Waals surface area contributed by atoms with Crippen LogP contribution in [0.4, 0.5) is 0 Å². The molecule has 2 unspecified atom stereocenters. The summed E-state index contributed by atoms with van der Waals surface area (Å²) in [4.78, 5) is 11.7. The van der Waals surface area contributed by atoms with Crippen molar-refractivity contribution < 1.29 is 4.79 Å². The maximum Gasteiger partial charge on any atom is 0.237 e. The summed E-state index contributed by atoms with van der Waals surface area (Å²) in [5.74, 6) is 0.116. The van der Waals surface area contributed by atoms with Crippen LogP contribution in [0.15, 0.2) is 0 Å². The van der Waals surface area contributed by atoms with Crippen molar-refractivity contribution >= 4 is 5.91 Å². The van der Waals surface area contributed by atoms with Crippen molar-refractivity contribution in [2.45, 2.75) is 71.9 Å². The second kappa shape index (κ2) is 9.64. The monoisotopic (exact) mass is 228 g/mol. The molecule has 0 spiro atoms. The molecule has 3 nitrogen and oxygen atoms in total. The van der Waals surface area contributed by atoms with E-state index in [1.807, 2.05) is 13.8 Å². The molecule has 0 saturated carbocycles. The van der Waals surface area contributed by atoms with E-state index in [0.717, 1.165) is 19.4 Å². The summed E-state index contributed by atoms with van der Waals surface area (Å²) >= 11 is 0. The smallest absolute Gasteiger partial charge is 0.237 e. The minimum atomic E-state index is -0.0735. The van der Waals surface area contributed by atoms with Crippen LogP contribution < -0.4 is 10.6 Å². The Kier molecular flexibility index (Phi) is 9.30. The fourth-order valence-electron chi connectivity index (χ4n) is 1.43. The van der Waals surface area contributed by atoms with Crippen LogP contribution >= 0.6 is 0 Å². The number of rotatable bonds is 9. The van der Waals surface area contributed by atoms with Crippen LogP contribution in [-0.2, 0) is 4.79 Å². The van der Waals surface area contributed by atoms with Crippen molar-refractivity contribution in [3.8, 4) is 0 Å². The molecule has 0 radical (unpaired) electrons. The van der Waals surface area contributed by atoms with Crippen LogP contribution in [-0.4, -0.2) is 24.5 Å². The highest BCUT2D eigenvalue weighted by molar-refractivity contribution is 5.81. The molecule has 2 atom stereocenters. The zero-order valence-corrected chi connectivity index (χ0v) is 11.3. The Labute approximate surface area is 100 Å². The summed E-state index contributed by atoms with van der Waals surface area (Å²) in [5.41, 5.74) is 0. The number of nitrogens with one attached hydrogen (secondary N) is 2. The van der Waals surface area contributed by atoms with Gasteiger partial charge in [-0.15, -0.1) is 0 Å². The maximum absolute atomic E-state index is 11.7. The van der Waals surface area contributed by atoms with Gasteiger partial charge in [0.1, 0.15) is 0 Å². The first kappa shape index (κ1) is 15.4. The molecule has 0 aliphatic rings. The van der Waals surface area contributed by atoms with E-state index in [9.17, 15) is 4.79 Å². The fourth-order valence-corrected chi connectivity index (χ4v) is 1.43. The SMILES string of the molecule is CCCCCCNC(C)C(=O)NC(C)CC. The van der Waals surface area contributed by atoms with Crippen LogP contribution in [0.25, 0.3) is 0 Å². The molecule has 96 valence electrons. The lowest BCUT2D eigenvalue weighted by molar-refractivity contribution is -0.123. The first-order chi connectivity index (χ1) is 7.61. The molecule has 3 heteroatoms. The number of carbonyl (C=O) groups is 1. The summed E-state index contributed by atoms with van der Waals surface area (Å²) in [7, 11) is 0. The zero-order chi connectivity index (χ0) is 12.4. The number of carbonyl (C=O) groups excluding carboxylic acids is 1. The van der Waals surface area contributed by atoms with Crippen molar-refractivity contribution in [3.63, 3.8) is 0 Å². The third-order valence-corrected chi connectivity index (χ3v) is 2.88. The second-order valence-electron chi connectivity index (χ2n) is 4.55. The van der Waals surface area contributed by atoms with Gasteiger partial charge in [-0.2, -0.15) is 0 Å². The Balaban J connectivity index is 3.55. The molecular formula is C13H28N2O. The minimum Gasteiger partial charge on any atom is -0.352 e. The van der Waals surface area contributed by atoms with E-state index in [4.69, 9.17) is 0 Å². The average Bonchev–Trinajstić information content (AvgIpc) is 2.28. The predicted octanol–water partition coefficient (Wildman–Crippen LogP) is 2.46. The van der Waals surface area contributed by atoms with Crippen molar-refractivity contribution in [1.29, 1.82) is 0 Å². The largest absolute Gasteiger partial charge is 0.352 e. The molecule has 0 rings (SSSR count). The van der Waals surface area contributed by atoms with Crippen molar-refractivity contribution in [2.75, 3.05) is 6.54 Å². The molecule has 0 aromatic rings. The third-order valence-electron chi connectivity index (χ3n) is 2.88. The Hall–Kier alpha value is -0.570. The van der Waals surface area contributed by atoms with Gasteiger partial charge in [0.25, 0.3) is 0 Å². The topological polar surface area (TPSA) is 41.1 Å². The lowest BCUT2D eigenvalue weighted by atomic mass is 10.2. The Morgan fingerprint density at radius 3 is 2.38 bits per heavy atom. The van der Waals surface area contributed by atoms with E-state index in [1.165, 1.54) is 19.3 Å². The molecule has 0 fully saturated rings. The van der Waals surface area contributed by atoms with Crippen LogP contribution in [0.3, 0.4) is 0 Å². The molecule has 0 aliphatic heterocycles. The van der Waals surface area contributed by atoms with Gasteiger partial charge in [-0.25, -0.2) is 0 Å². The molecule has 0 saturated heterocycles. The summed E-state index contributed by atoms with van der Waals surface area (Å²) in [6.07, 6.45) is 5.94. The van der Waals surface area contributed by atoms with Gasteiger partial charge in [0, 0.05) is 6.04 Å². The van der Waals surface area contributed by atoms with Crippen LogP contribution in [0.2, 0.25) is 0 Å². The van der Waals surface area contributed by atoms with Crippen LogP contribution in [0.5, 0.6) is 0 Å². The highest BCUT2D eigenvalue weighted by atomic mass is 16.2. The fraction of sp³-hybridized carbons (Fsp3) is 0.923. The lowest BCUT2D eigenvalue weighted by Gasteiger charge is -2.17. The van der Waals surface area contributed by atoms with E-state index in [0.29, 0.717) is 0 Å². The molecule has 0 heterocycles. The van der Waals surface area contributed by atoms with Crippen molar-refractivity contribution in [2.24, 2.45) is 0 Å². The van der Waals surface area contributed by atoms with Gasteiger partial charge < -0.3 is 10.6 Å². The minimum absolute atomic E-state index is 0.0735. The van der Waals surface area contributed by atoms with Gasteiger partial charge in [-0.05, 0) is 33.2 Å². The van der Waals surface area contributed by atoms with E-state index >= 15 is 0 Å². The molecule has 1 amide bonds. The predicted molar refractivity (Wildman–Crippen MR) is 69.5 cm³/mol. The van der Waals surface area contributed by atoms with Gasteiger partial charge in [0.2, 0.25) is 5.91 Å². The van der Waals surface area contributed by atoms with E-state index in [1.54, 1.807) is 0 Å². The third kappa shape index (κ3) is 7.69. The highest BCUT2D eigenvalue weighted by Gasteiger charge is 2.12. The van der Waals surface area contributed by atoms with Crippen molar-refractivity contribution in [1.82, 2.24) is 10.6 Å². The quantitative estimate of drug-likeness (QED) is 0.595. The Morgan fingerprint density at radius 1 is 1.12 bits per heavy atom. The molecule has 0 aromatic heterocycles. The number of unbranched alkanes of at least 4 members (excludes halogenated alkanes) is 3. The number of hydrogen-bond acceptors (Lipinski definition) is 2. The second-order valence-corrected chi connectivity index (χ2v) is 4.55. The zero-order valence-electron chi connectivity index (χ0n) is 11.3. The first-order valence-corrected chi connectivity index (χ1v) is 6.65. The van der Waals surface area contributed by atoms with Gasteiger partial charge in [0.05, 0.1) is 6.04 Å².